The van der Waals surface area contributed by atoms with Crippen LogP contribution in [-0.4, -0.2) is 30.0 Å². The van der Waals surface area contributed by atoms with Gasteiger partial charge in [-0.1, -0.05) is 26.0 Å². The molecule has 3 nitrogen and oxygen atoms in total. The van der Waals surface area contributed by atoms with Crippen molar-refractivity contribution in [3.8, 4) is 5.75 Å². The van der Waals surface area contributed by atoms with Crippen molar-refractivity contribution >= 4 is 16.7 Å². The summed E-state index contributed by atoms with van der Waals surface area (Å²) in [4.78, 5) is 13.4. The molecule has 0 unspecified atom stereocenters. The average molecular weight is 257 g/mol. The van der Waals surface area contributed by atoms with E-state index in [1.165, 1.54) is 16.5 Å². The maximum atomic E-state index is 11.9. The molecular weight excluding hydrogens is 238 g/mol. The van der Waals surface area contributed by atoms with Crippen LogP contribution < -0.4 is 0 Å². The number of hydrogen-bond acceptors (Lipinski definition) is 2. The molecule has 19 heavy (non-hydrogen) atoms. The number of phenolic OH excluding ortho intramolecular Hbond substituents is 1. The molecule has 2 aromatic carbocycles. The van der Waals surface area contributed by atoms with Crippen LogP contribution in [0.1, 0.15) is 35.7 Å². The number of amides is 1. The lowest BCUT2D eigenvalue weighted by molar-refractivity contribution is 0.0827. The molecule has 0 aliphatic rings. The number of rotatable bonds is 2. The summed E-state index contributed by atoms with van der Waals surface area (Å²) in [6.07, 6.45) is 0. The molecule has 0 heterocycles. The third kappa shape index (κ3) is 2.55. The molecule has 0 atom stereocenters. The van der Waals surface area contributed by atoms with Crippen molar-refractivity contribution in [1.29, 1.82) is 0 Å². The first-order chi connectivity index (χ1) is 8.90. The monoisotopic (exact) mass is 257 g/mol. The van der Waals surface area contributed by atoms with Crippen molar-refractivity contribution in [1.82, 2.24) is 4.90 Å². The Balaban J connectivity index is 2.59. The molecule has 0 aromatic heterocycles. The predicted molar refractivity (Wildman–Crippen MR) is 77.7 cm³/mol. The smallest absolute Gasteiger partial charge is 0.253 e. The summed E-state index contributed by atoms with van der Waals surface area (Å²) in [5, 5.41) is 11.8. The van der Waals surface area contributed by atoms with Gasteiger partial charge < -0.3 is 10.0 Å². The Morgan fingerprint density at radius 1 is 1.16 bits per heavy atom. The minimum atomic E-state index is -0.106. The summed E-state index contributed by atoms with van der Waals surface area (Å²) in [6, 6.07) is 9.34. The highest BCUT2D eigenvalue weighted by molar-refractivity contribution is 6.00. The van der Waals surface area contributed by atoms with Crippen LogP contribution in [-0.2, 0) is 0 Å². The van der Waals surface area contributed by atoms with Gasteiger partial charge in [0.05, 0.1) is 0 Å². The van der Waals surface area contributed by atoms with Crippen LogP contribution in [0.4, 0.5) is 0 Å². The van der Waals surface area contributed by atoms with E-state index in [4.69, 9.17) is 0 Å². The highest BCUT2D eigenvalue weighted by Gasteiger charge is 2.12. The highest BCUT2D eigenvalue weighted by Crippen LogP contribution is 2.30. The van der Waals surface area contributed by atoms with Gasteiger partial charge in [0, 0.05) is 25.0 Å². The fourth-order valence-corrected chi connectivity index (χ4v) is 2.10. The number of nitrogens with zero attached hydrogens (tertiary/aromatic N) is 1. The fourth-order valence-electron chi connectivity index (χ4n) is 2.10. The molecule has 0 saturated carbocycles. The van der Waals surface area contributed by atoms with Crippen LogP contribution in [0, 0.1) is 0 Å². The van der Waals surface area contributed by atoms with Crippen LogP contribution in [0.3, 0.4) is 0 Å². The third-order valence-corrected chi connectivity index (χ3v) is 3.28. The Morgan fingerprint density at radius 2 is 1.84 bits per heavy atom. The van der Waals surface area contributed by atoms with Gasteiger partial charge in [-0.3, -0.25) is 4.79 Å². The van der Waals surface area contributed by atoms with E-state index in [0.717, 1.165) is 10.8 Å². The molecule has 2 aromatic rings. The Kier molecular flexibility index (Phi) is 3.47. The van der Waals surface area contributed by atoms with Crippen molar-refractivity contribution in [2.24, 2.45) is 0 Å². The van der Waals surface area contributed by atoms with Gasteiger partial charge in [0.2, 0.25) is 0 Å². The van der Waals surface area contributed by atoms with Gasteiger partial charge in [0.1, 0.15) is 5.75 Å². The largest absolute Gasteiger partial charge is 0.507 e. The van der Waals surface area contributed by atoms with Crippen molar-refractivity contribution in [3.63, 3.8) is 0 Å². The molecule has 2 rings (SSSR count). The second-order valence-electron chi connectivity index (χ2n) is 5.33. The summed E-state index contributed by atoms with van der Waals surface area (Å²) >= 11 is 0. The molecule has 0 bridgehead atoms. The number of fused-ring (bicyclic) bond motifs is 1. The molecule has 1 N–H and O–H groups in total. The lowest BCUT2D eigenvalue weighted by atomic mass is 9.97. The molecule has 0 saturated heterocycles. The van der Waals surface area contributed by atoms with E-state index in [-0.39, 0.29) is 11.7 Å². The Labute approximate surface area is 113 Å². The predicted octanol–water partition coefficient (Wildman–Crippen LogP) is 3.37. The van der Waals surface area contributed by atoms with Gasteiger partial charge >= 0.3 is 0 Å². The molecule has 1 amide bonds. The molecule has 0 fully saturated rings. The molecule has 3 heteroatoms. The number of hydrogen-bond donors (Lipinski definition) is 1. The molecule has 0 spiro atoms. The first-order valence-electron chi connectivity index (χ1n) is 6.38. The van der Waals surface area contributed by atoms with Crippen LogP contribution in [0.15, 0.2) is 30.3 Å². The van der Waals surface area contributed by atoms with Crippen molar-refractivity contribution in [2.75, 3.05) is 14.1 Å². The molecular formula is C16H19NO2. The zero-order chi connectivity index (χ0) is 14.2. The number of benzene rings is 2. The third-order valence-electron chi connectivity index (χ3n) is 3.28. The fraction of sp³-hybridized carbons (Fsp3) is 0.312. The van der Waals surface area contributed by atoms with E-state index < -0.39 is 0 Å². The Morgan fingerprint density at radius 3 is 2.42 bits per heavy atom. The molecule has 100 valence electrons. The number of carbonyl (C=O) groups excluding carboxylic acids is 1. The zero-order valence-electron chi connectivity index (χ0n) is 11.8. The van der Waals surface area contributed by atoms with Crippen molar-refractivity contribution < 1.29 is 9.90 Å². The summed E-state index contributed by atoms with van der Waals surface area (Å²) in [6.45, 7) is 4.23. The number of phenols is 1. The van der Waals surface area contributed by atoms with E-state index in [9.17, 15) is 9.90 Å². The van der Waals surface area contributed by atoms with Crippen LogP contribution in [0.25, 0.3) is 10.8 Å². The van der Waals surface area contributed by atoms with Gasteiger partial charge in [-0.2, -0.15) is 0 Å². The van der Waals surface area contributed by atoms with E-state index in [1.54, 1.807) is 14.1 Å². The van der Waals surface area contributed by atoms with E-state index in [1.807, 2.05) is 24.3 Å². The van der Waals surface area contributed by atoms with Crippen LogP contribution >= 0.6 is 0 Å². The second-order valence-corrected chi connectivity index (χ2v) is 5.33. The second kappa shape index (κ2) is 4.92. The first-order valence-corrected chi connectivity index (χ1v) is 6.38. The van der Waals surface area contributed by atoms with Crippen LogP contribution in [0.2, 0.25) is 0 Å². The number of aromatic hydroxyl groups is 1. The topological polar surface area (TPSA) is 40.5 Å². The van der Waals surface area contributed by atoms with E-state index in [0.29, 0.717) is 11.5 Å². The summed E-state index contributed by atoms with van der Waals surface area (Å²) < 4.78 is 0. The molecule has 0 aliphatic carbocycles. The summed E-state index contributed by atoms with van der Waals surface area (Å²) in [7, 11) is 3.40. The molecule has 0 aliphatic heterocycles. The highest BCUT2D eigenvalue weighted by atomic mass is 16.3. The Hall–Kier alpha value is -2.03. The summed E-state index contributed by atoms with van der Waals surface area (Å²) in [5.41, 5.74) is 1.68. The maximum absolute atomic E-state index is 11.9. The lowest BCUT2D eigenvalue weighted by Gasteiger charge is -2.13. The zero-order valence-corrected chi connectivity index (χ0v) is 11.8. The van der Waals surface area contributed by atoms with Crippen LogP contribution in [0.5, 0.6) is 5.75 Å². The van der Waals surface area contributed by atoms with Gasteiger partial charge in [0.25, 0.3) is 5.91 Å². The normalized spacial score (nSPS) is 11.0. The minimum Gasteiger partial charge on any atom is -0.507 e. The summed E-state index contributed by atoms with van der Waals surface area (Å²) in [5.74, 6) is 0.460. The van der Waals surface area contributed by atoms with Gasteiger partial charge in [0.15, 0.2) is 0 Å². The van der Waals surface area contributed by atoms with Gasteiger partial charge in [-0.05, 0) is 35.1 Å². The average Bonchev–Trinajstić information content (AvgIpc) is 2.37. The maximum Gasteiger partial charge on any atom is 0.253 e. The van der Waals surface area contributed by atoms with Crippen molar-refractivity contribution in [2.45, 2.75) is 19.8 Å². The minimum absolute atomic E-state index is 0.106. The lowest BCUT2D eigenvalue weighted by Crippen LogP contribution is -2.21. The standard InChI is InChI=1S/C16H19NO2/c1-10(2)11-5-6-12-7-13(16(19)17(3)4)9-15(18)14(12)8-11/h5-10,18H,1-4H3. The Bertz CT molecular complexity index is 630. The SMILES string of the molecule is CC(C)c1ccc2cc(C(=O)N(C)C)cc(O)c2c1. The van der Waals surface area contributed by atoms with Gasteiger partial charge in [-0.15, -0.1) is 0 Å². The first kappa shape index (κ1) is 13.4. The van der Waals surface area contributed by atoms with Gasteiger partial charge in [-0.25, -0.2) is 0 Å². The van der Waals surface area contributed by atoms with E-state index in [2.05, 4.69) is 13.8 Å². The quantitative estimate of drug-likeness (QED) is 0.896. The number of carbonyl (C=O) groups is 1. The van der Waals surface area contributed by atoms with Crippen molar-refractivity contribution in [3.05, 3.63) is 41.5 Å². The van der Waals surface area contributed by atoms with E-state index >= 15 is 0 Å². The molecule has 0 radical (unpaired) electrons.